The average molecular weight is 352 g/mol. The van der Waals surface area contributed by atoms with Crippen molar-refractivity contribution >= 4 is 21.6 Å². The average Bonchev–Trinajstić information content (AvgIpc) is 2.44. The van der Waals surface area contributed by atoms with E-state index < -0.39 is 4.92 Å². The smallest absolute Gasteiger partial charge is 0.273 e. The number of hydrogen-bond acceptors (Lipinski definition) is 4. The van der Waals surface area contributed by atoms with Gasteiger partial charge in [0.1, 0.15) is 11.5 Å². The first kappa shape index (κ1) is 15.5. The highest BCUT2D eigenvalue weighted by molar-refractivity contribution is 9.10. The van der Waals surface area contributed by atoms with Gasteiger partial charge in [-0.1, -0.05) is 12.1 Å². The molecule has 0 aliphatic carbocycles. The Morgan fingerprint density at radius 2 is 1.95 bits per heavy atom. The highest BCUT2D eigenvalue weighted by atomic mass is 79.9. The van der Waals surface area contributed by atoms with Crippen LogP contribution in [0, 0.1) is 17.0 Å². The Morgan fingerprint density at radius 1 is 1.29 bits per heavy atom. The molecule has 0 atom stereocenters. The van der Waals surface area contributed by atoms with Crippen molar-refractivity contribution in [1.29, 1.82) is 0 Å². The Labute approximate surface area is 130 Å². The van der Waals surface area contributed by atoms with Crippen LogP contribution in [0.15, 0.2) is 40.9 Å². The number of ether oxygens (including phenoxy) is 1. The van der Waals surface area contributed by atoms with Crippen molar-refractivity contribution in [3.8, 4) is 11.5 Å². The highest BCUT2D eigenvalue weighted by Crippen LogP contribution is 2.35. The summed E-state index contributed by atoms with van der Waals surface area (Å²) in [5.74, 6) is 1.15. The molecule has 0 aliphatic rings. The second kappa shape index (κ2) is 6.69. The van der Waals surface area contributed by atoms with Crippen LogP contribution >= 0.6 is 15.9 Å². The van der Waals surface area contributed by atoms with Crippen molar-refractivity contribution in [2.45, 2.75) is 13.3 Å². The summed E-state index contributed by atoms with van der Waals surface area (Å²) < 4.78 is 6.25. The van der Waals surface area contributed by atoms with Crippen molar-refractivity contribution in [2.75, 3.05) is 6.61 Å². The first-order valence-corrected chi connectivity index (χ1v) is 7.12. The minimum atomic E-state index is -0.423. The van der Waals surface area contributed by atoms with Crippen molar-refractivity contribution < 1.29 is 14.8 Å². The fourth-order valence-electron chi connectivity index (χ4n) is 1.90. The number of nitro benzene ring substituents is 1. The number of benzene rings is 2. The zero-order valence-electron chi connectivity index (χ0n) is 11.4. The predicted molar refractivity (Wildman–Crippen MR) is 82.8 cm³/mol. The Hall–Kier alpha value is -1.92. The van der Waals surface area contributed by atoms with Gasteiger partial charge in [-0.25, -0.2) is 0 Å². The Balaban J connectivity index is 2.23. The van der Waals surface area contributed by atoms with E-state index in [-0.39, 0.29) is 12.3 Å². The Morgan fingerprint density at radius 3 is 2.52 bits per heavy atom. The number of halogens is 1. The summed E-state index contributed by atoms with van der Waals surface area (Å²) in [6.45, 7) is 1.77. The molecule has 6 heteroatoms. The molecular weight excluding hydrogens is 338 g/mol. The molecule has 0 bridgehead atoms. The zero-order valence-corrected chi connectivity index (χ0v) is 13.0. The molecule has 2 aromatic carbocycles. The summed E-state index contributed by atoms with van der Waals surface area (Å²) in [5.41, 5.74) is 1.60. The van der Waals surface area contributed by atoms with Crippen LogP contribution in [0.4, 0.5) is 5.69 Å². The summed E-state index contributed by atoms with van der Waals surface area (Å²) in [7, 11) is 0. The van der Waals surface area contributed by atoms with E-state index in [4.69, 9.17) is 9.84 Å². The summed E-state index contributed by atoms with van der Waals surface area (Å²) in [6, 6.07) is 10.4. The molecule has 0 heterocycles. The molecule has 0 saturated heterocycles. The summed E-state index contributed by atoms with van der Waals surface area (Å²) in [4.78, 5) is 10.4. The molecule has 21 heavy (non-hydrogen) atoms. The lowest BCUT2D eigenvalue weighted by atomic mass is 10.1. The van der Waals surface area contributed by atoms with Crippen LogP contribution in [0.3, 0.4) is 0 Å². The molecule has 0 aromatic heterocycles. The van der Waals surface area contributed by atoms with E-state index in [1.807, 2.05) is 12.1 Å². The first-order valence-electron chi connectivity index (χ1n) is 6.33. The van der Waals surface area contributed by atoms with Gasteiger partial charge in [0.05, 0.1) is 9.40 Å². The van der Waals surface area contributed by atoms with Crippen molar-refractivity contribution in [2.24, 2.45) is 0 Å². The minimum Gasteiger partial charge on any atom is -0.456 e. The van der Waals surface area contributed by atoms with Gasteiger partial charge >= 0.3 is 0 Å². The molecule has 0 unspecified atom stereocenters. The Bertz CT molecular complexity index is 655. The maximum Gasteiger partial charge on any atom is 0.273 e. The maximum atomic E-state index is 10.9. The topological polar surface area (TPSA) is 72.6 Å². The normalized spacial score (nSPS) is 10.4. The van der Waals surface area contributed by atoms with Gasteiger partial charge in [0.2, 0.25) is 0 Å². The summed E-state index contributed by atoms with van der Waals surface area (Å²) in [6.07, 6.45) is 0.598. The van der Waals surface area contributed by atoms with E-state index >= 15 is 0 Å². The molecule has 0 radical (unpaired) electrons. The standard InChI is InChI=1S/C15H14BrNO4/c1-10-8-15(13(16)9-14(10)17(19)20)21-12-4-2-11(3-5-12)6-7-18/h2-5,8-9,18H,6-7H2,1H3. The molecule has 0 fully saturated rings. The van der Waals surface area contributed by atoms with Crippen molar-refractivity contribution in [3.05, 3.63) is 62.1 Å². The third-order valence-electron chi connectivity index (χ3n) is 3.00. The summed E-state index contributed by atoms with van der Waals surface area (Å²) in [5, 5.41) is 19.7. The molecule has 0 aliphatic heterocycles. The van der Waals surface area contributed by atoms with Crippen LogP contribution in [-0.2, 0) is 6.42 Å². The van der Waals surface area contributed by atoms with Crippen molar-refractivity contribution in [1.82, 2.24) is 0 Å². The SMILES string of the molecule is Cc1cc(Oc2ccc(CCO)cc2)c(Br)cc1[N+](=O)[O-]. The van der Waals surface area contributed by atoms with E-state index in [0.29, 0.717) is 28.0 Å². The largest absolute Gasteiger partial charge is 0.456 e. The van der Waals surface area contributed by atoms with Crippen LogP contribution in [0.2, 0.25) is 0 Å². The number of hydrogen-bond donors (Lipinski definition) is 1. The lowest BCUT2D eigenvalue weighted by Crippen LogP contribution is -1.94. The van der Waals surface area contributed by atoms with Gasteiger partial charge in [0.25, 0.3) is 5.69 Å². The molecule has 2 aromatic rings. The van der Waals surface area contributed by atoms with E-state index in [2.05, 4.69) is 15.9 Å². The molecule has 0 saturated carbocycles. The lowest BCUT2D eigenvalue weighted by Gasteiger charge is -2.09. The van der Waals surface area contributed by atoms with E-state index in [9.17, 15) is 10.1 Å². The van der Waals surface area contributed by atoms with Gasteiger partial charge < -0.3 is 9.84 Å². The Kier molecular flexibility index (Phi) is 4.93. The maximum absolute atomic E-state index is 10.9. The second-order valence-corrected chi connectivity index (χ2v) is 5.40. The van der Waals surface area contributed by atoms with Crippen LogP contribution in [0.5, 0.6) is 11.5 Å². The second-order valence-electron chi connectivity index (χ2n) is 4.55. The number of aliphatic hydroxyl groups is 1. The van der Waals surface area contributed by atoms with Crippen LogP contribution in [-0.4, -0.2) is 16.6 Å². The fourth-order valence-corrected chi connectivity index (χ4v) is 2.31. The van der Waals surface area contributed by atoms with E-state index in [0.717, 1.165) is 5.56 Å². The molecule has 0 amide bonds. The van der Waals surface area contributed by atoms with E-state index in [1.54, 1.807) is 25.1 Å². The monoisotopic (exact) mass is 351 g/mol. The molecular formula is C15H14BrNO4. The molecule has 1 N–H and O–H groups in total. The number of nitrogens with zero attached hydrogens (tertiary/aromatic N) is 1. The predicted octanol–water partition coefficient (Wildman–Crippen LogP) is 3.99. The van der Waals surface area contributed by atoms with Crippen LogP contribution in [0.25, 0.3) is 0 Å². The lowest BCUT2D eigenvalue weighted by molar-refractivity contribution is -0.385. The first-order chi connectivity index (χ1) is 10.0. The zero-order chi connectivity index (χ0) is 15.4. The van der Waals surface area contributed by atoms with Gasteiger partial charge in [0.15, 0.2) is 0 Å². The van der Waals surface area contributed by atoms with Crippen molar-refractivity contribution in [3.63, 3.8) is 0 Å². The third-order valence-corrected chi connectivity index (χ3v) is 3.62. The van der Waals surface area contributed by atoms with Gasteiger partial charge in [-0.15, -0.1) is 0 Å². The van der Waals surface area contributed by atoms with Gasteiger partial charge in [-0.2, -0.15) is 0 Å². The quantitative estimate of drug-likeness (QED) is 0.652. The fraction of sp³-hybridized carbons (Fsp3) is 0.200. The number of nitro groups is 1. The van der Waals surface area contributed by atoms with Crippen LogP contribution in [0.1, 0.15) is 11.1 Å². The molecule has 110 valence electrons. The number of rotatable bonds is 5. The van der Waals surface area contributed by atoms with E-state index in [1.165, 1.54) is 6.07 Å². The molecule has 0 spiro atoms. The molecule has 2 rings (SSSR count). The minimum absolute atomic E-state index is 0.0486. The van der Waals surface area contributed by atoms with Gasteiger partial charge in [0, 0.05) is 18.2 Å². The third kappa shape index (κ3) is 3.80. The van der Waals surface area contributed by atoms with Gasteiger partial charge in [-0.05, 0) is 53.0 Å². The highest BCUT2D eigenvalue weighted by Gasteiger charge is 2.15. The number of aliphatic hydroxyl groups excluding tert-OH is 1. The number of aryl methyl sites for hydroxylation is 1. The molecule has 5 nitrogen and oxygen atoms in total. The summed E-state index contributed by atoms with van der Waals surface area (Å²) >= 11 is 3.28. The van der Waals surface area contributed by atoms with Crippen LogP contribution < -0.4 is 4.74 Å². The van der Waals surface area contributed by atoms with Gasteiger partial charge in [-0.3, -0.25) is 10.1 Å².